The molecule has 0 aliphatic rings. The minimum Gasteiger partial charge on any atom is -0.498 e. The Labute approximate surface area is 88.5 Å². The van der Waals surface area contributed by atoms with Crippen LogP contribution in [0, 0.1) is 0 Å². The summed E-state index contributed by atoms with van der Waals surface area (Å²) in [5, 5.41) is 19.0. The van der Waals surface area contributed by atoms with E-state index in [1.165, 1.54) is 0 Å². The Morgan fingerprint density at radius 1 is 0.867 bits per heavy atom. The average molecular weight is 218 g/mol. The van der Waals surface area contributed by atoms with E-state index in [0.29, 0.717) is 22.1 Å². The van der Waals surface area contributed by atoms with Gasteiger partial charge in [-0.3, -0.25) is 0 Å². The second kappa shape index (κ2) is 2.80. The fourth-order valence-corrected chi connectivity index (χ4v) is 2.15. The molecule has 2 heterocycles. The van der Waals surface area contributed by atoms with Crippen LogP contribution in [0.4, 0.5) is 0 Å². The monoisotopic (exact) mass is 218 g/mol. The highest BCUT2D eigenvalue weighted by Crippen LogP contribution is 2.39. The molecule has 4 nitrogen and oxygen atoms in total. The zero-order valence-electron chi connectivity index (χ0n) is 7.51. The summed E-state index contributed by atoms with van der Waals surface area (Å²) in [6.07, 6.45) is 0. The van der Waals surface area contributed by atoms with Crippen LogP contribution in [-0.4, -0.2) is 20.2 Å². The lowest BCUT2D eigenvalue weighted by atomic mass is 10.3. The number of aromatic hydroxyl groups is 2. The third-order valence-corrected chi connectivity index (χ3v) is 2.94. The molecule has 0 spiro atoms. The first-order chi connectivity index (χ1) is 7.25. The van der Waals surface area contributed by atoms with Crippen molar-refractivity contribution in [1.29, 1.82) is 0 Å². The fraction of sp³-hybridized carbons (Fsp3) is 0. The van der Waals surface area contributed by atoms with Crippen LogP contribution in [0.5, 0.6) is 10.1 Å². The number of fused-ring (bicyclic) bond motifs is 2. The van der Waals surface area contributed by atoms with Gasteiger partial charge in [0.15, 0.2) is 0 Å². The normalized spacial score (nSPS) is 11.2. The average Bonchev–Trinajstić information content (AvgIpc) is 2.52. The van der Waals surface area contributed by atoms with Crippen LogP contribution in [0.25, 0.3) is 22.1 Å². The van der Waals surface area contributed by atoms with Crippen molar-refractivity contribution < 1.29 is 10.2 Å². The number of rotatable bonds is 0. The lowest BCUT2D eigenvalue weighted by Crippen LogP contribution is -1.83. The van der Waals surface area contributed by atoms with E-state index in [9.17, 15) is 10.2 Å². The van der Waals surface area contributed by atoms with Crippen molar-refractivity contribution >= 4 is 33.4 Å². The van der Waals surface area contributed by atoms with Gasteiger partial charge < -0.3 is 10.2 Å². The van der Waals surface area contributed by atoms with Crippen molar-refractivity contribution in [3.8, 4) is 10.1 Å². The number of para-hydroxylation sites is 2. The predicted octanol–water partition coefficient (Wildman–Crippen LogP) is 2.26. The number of benzene rings is 1. The van der Waals surface area contributed by atoms with Gasteiger partial charge in [-0.15, -0.1) is 0 Å². The summed E-state index contributed by atoms with van der Waals surface area (Å²) in [6.45, 7) is 0. The van der Waals surface area contributed by atoms with Gasteiger partial charge in [0.1, 0.15) is 11.0 Å². The molecule has 3 rings (SSSR count). The van der Waals surface area contributed by atoms with Crippen molar-refractivity contribution in [1.82, 2.24) is 9.97 Å². The molecule has 15 heavy (non-hydrogen) atoms. The summed E-state index contributed by atoms with van der Waals surface area (Å²) >= 11 is 0.879. The predicted molar refractivity (Wildman–Crippen MR) is 58.3 cm³/mol. The lowest BCUT2D eigenvalue weighted by Gasteiger charge is -1.96. The number of thiophene rings is 1. The van der Waals surface area contributed by atoms with Gasteiger partial charge in [0, 0.05) is 0 Å². The number of aromatic nitrogens is 2. The molecule has 0 bridgehead atoms. The lowest BCUT2D eigenvalue weighted by molar-refractivity contribution is 0.490. The smallest absolute Gasteiger partial charge is 0.203 e. The zero-order valence-corrected chi connectivity index (χ0v) is 8.32. The van der Waals surface area contributed by atoms with Gasteiger partial charge in [0.25, 0.3) is 0 Å². The van der Waals surface area contributed by atoms with E-state index < -0.39 is 0 Å². The molecule has 74 valence electrons. The summed E-state index contributed by atoms with van der Waals surface area (Å²) in [5.41, 5.74) is 2.13. The summed E-state index contributed by atoms with van der Waals surface area (Å²) < 4.78 is 0. The van der Waals surface area contributed by atoms with Crippen LogP contribution in [-0.2, 0) is 0 Å². The van der Waals surface area contributed by atoms with Gasteiger partial charge in [-0.2, -0.15) is 0 Å². The summed E-state index contributed by atoms with van der Waals surface area (Å²) in [6, 6.07) is 7.34. The van der Waals surface area contributed by atoms with Crippen molar-refractivity contribution in [3.05, 3.63) is 24.3 Å². The largest absolute Gasteiger partial charge is 0.498 e. The molecule has 0 fully saturated rings. The van der Waals surface area contributed by atoms with Gasteiger partial charge in [-0.1, -0.05) is 23.5 Å². The summed E-state index contributed by atoms with van der Waals surface area (Å²) in [5.74, 6) is 0. The van der Waals surface area contributed by atoms with E-state index in [1.54, 1.807) is 0 Å². The van der Waals surface area contributed by atoms with E-state index in [0.717, 1.165) is 11.3 Å². The Kier molecular flexibility index (Phi) is 1.58. The van der Waals surface area contributed by atoms with Gasteiger partial charge in [0.05, 0.1) is 11.0 Å². The number of hydrogen-bond donors (Lipinski definition) is 2. The molecule has 0 amide bonds. The number of nitrogens with zero attached hydrogens (tertiary/aromatic N) is 2. The summed E-state index contributed by atoms with van der Waals surface area (Å²) in [4.78, 5) is 8.47. The quantitative estimate of drug-likeness (QED) is 0.607. The van der Waals surface area contributed by atoms with Gasteiger partial charge >= 0.3 is 0 Å². The van der Waals surface area contributed by atoms with E-state index in [2.05, 4.69) is 9.97 Å². The Morgan fingerprint density at radius 3 is 1.80 bits per heavy atom. The van der Waals surface area contributed by atoms with Gasteiger partial charge in [-0.05, 0) is 12.1 Å². The second-order valence-electron chi connectivity index (χ2n) is 3.12. The van der Waals surface area contributed by atoms with E-state index in [-0.39, 0.29) is 10.1 Å². The SMILES string of the molecule is Oc1sc(O)c2nc3ccccc3nc12. The molecule has 5 heteroatoms. The molecule has 0 radical (unpaired) electrons. The molecular formula is C10H6N2O2S. The van der Waals surface area contributed by atoms with Crippen molar-refractivity contribution in [2.45, 2.75) is 0 Å². The molecule has 3 aromatic rings. The maximum atomic E-state index is 9.51. The van der Waals surface area contributed by atoms with Crippen molar-refractivity contribution in [3.63, 3.8) is 0 Å². The third-order valence-electron chi connectivity index (χ3n) is 2.17. The molecular weight excluding hydrogens is 212 g/mol. The van der Waals surface area contributed by atoms with Crippen LogP contribution in [0.15, 0.2) is 24.3 Å². The fourth-order valence-electron chi connectivity index (χ4n) is 1.49. The second-order valence-corrected chi connectivity index (χ2v) is 4.10. The molecule has 0 saturated heterocycles. The van der Waals surface area contributed by atoms with Gasteiger partial charge in [0.2, 0.25) is 10.1 Å². The molecule has 0 atom stereocenters. The Hall–Kier alpha value is -1.88. The number of hydrogen-bond acceptors (Lipinski definition) is 5. The third kappa shape index (κ3) is 1.13. The Bertz CT molecular complexity index is 607. The summed E-state index contributed by atoms with van der Waals surface area (Å²) in [7, 11) is 0. The first-order valence-corrected chi connectivity index (χ1v) is 5.14. The Balaban J connectivity index is 2.55. The Morgan fingerprint density at radius 2 is 1.33 bits per heavy atom. The topological polar surface area (TPSA) is 66.2 Å². The van der Waals surface area contributed by atoms with E-state index in [1.807, 2.05) is 24.3 Å². The maximum Gasteiger partial charge on any atom is 0.203 e. The minimum absolute atomic E-state index is 0.000697. The first-order valence-electron chi connectivity index (χ1n) is 4.33. The van der Waals surface area contributed by atoms with Crippen LogP contribution >= 0.6 is 11.3 Å². The molecule has 2 aromatic heterocycles. The van der Waals surface area contributed by atoms with E-state index >= 15 is 0 Å². The van der Waals surface area contributed by atoms with Crippen LogP contribution in [0.3, 0.4) is 0 Å². The highest BCUT2D eigenvalue weighted by Gasteiger charge is 2.13. The van der Waals surface area contributed by atoms with Crippen molar-refractivity contribution in [2.75, 3.05) is 0 Å². The van der Waals surface area contributed by atoms with Crippen molar-refractivity contribution in [2.24, 2.45) is 0 Å². The standard InChI is InChI=1S/C10H6N2O2S/c13-9-7-8(10(14)15-9)12-6-4-2-1-3-5(6)11-7/h1-4,13-14H. The molecule has 0 unspecified atom stereocenters. The minimum atomic E-state index is 0.000697. The van der Waals surface area contributed by atoms with E-state index in [4.69, 9.17) is 0 Å². The molecule has 0 aliphatic heterocycles. The van der Waals surface area contributed by atoms with Crippen LogP contribution < -0.4 is 0 Å². The van der Waals surface area contributed by atoms with Gasteiger partial charge in [-0.25, -0.2) is 9.97 Å². The molecule has 1 aromatic carbocycles. The highest BCUT2D eigenvalue weighted by atomic mass is 32.1. The molecule has 2 N–H and O–H groups in total. The zero-order chi connectivity index (χ0) is 10.4. The van der Waals surface area contributed by atoms with Crippen LogP contribution in [0.1, 0.15) is 0 Å². The van der Waals surface area contributed by atoms with Crippen LogP contribution in [0.2, 0.25) is 0 Å². The molecule has 0 aliphatic carbocycles. The molecule has 0 saturated carbocycles. The maximum absolute atomic E-state index is 9.51. The highest BCUT2D eigenvalue weighted by molar-refractivity contribution is 7.17. The first kappa shape index (κ1) is 8.43.